The predicted molar refractivity (Wildman–Crippen MR) is 81.8 cm³/mol. The number of fused-ring (bicyclic) bond motifs is 1. The molecule has 0 spiro atoms. The lowest BCUT2D eigenvalue weighted by Crippen LogP contribution is -2.02. The molecule has 2 aliphatic carbocycles. The maximum Gasteiger partial charge on any atom is 0.197 e. The van der Waals surface area contributed by atoms with Crippen LogP contribution in [0.15, 0.2) is 28.0 Å². The zero-order valence-corrected chi connectivity index (χ0v) is 12.9. The van der Waals surface area contributed by atoms with Gasteiger partial charge in [-0.25, -0.2) is 9.97 Å². The molecule has 3 aromatic heterocycles. The van der Waals surface area contributed by atoms with Crippen LogP contribution in [0.1, 0.15) is 43.5 Å². The van der Waals surface area contributed by atoms with E-state index in [1.165, 1.54) is 31.5 Å². The summed E-state index contributed by atoms with van der Waals surface area (Å²) in [5.74, 6) is 1.83. The number of thiophene rings is 1. The first-order valence-corrected chi connectivity index (χ1v) is 8.90. The topological polar surface area (TPSA) is 56.5 Å². The average Bonchev–Trinajstić information content (AvgIpc) is 3.42. The minimum atomic E-state index is 0.609. The van der Waals surface area contributed by atoms with Crippen molar-refractivity contribution in [1.29, 1.82) is 0 Å². The van der Waals surface area contributed by atoms with Crippen molar-refractivity contribution in [3.05, 3.63) is 23.6 Å². The lowest BCUT2D eigenvalue weighted by Gasteiger charge is -2.07. The van der Waals surface area contributed by atoms with Gasteiger partial charge in [-0.1, -0.05) is 0 Å². The van der Waals surface area contributed by atoms with Crippen molar-refractivity contribution >= 4 is 33.3 Å². The molecule has 2 fully saturated rings. The molecule has 0 aromatic carbocycles. The van der Waals surface area contributed by atoms with E-state index < -0.39 is 0 Å². The minimum absolute atomic E-state index is 0.609. The van der Waals surface area contributed by atoms with Crippen LogP contribution in [-0.2, 0) is 0 Å². The van der Waals surface area contributed by atoms with Gasteiger partial charge in [0.15, 0.2) is 5.16 Å². The van der Waals surface area contributed by atoms with E-state index in [0.717, 1.165) is 20.4 Å². The molecular weight excluding hydrogens is 302 g/mol. The highest BCUT2D eigenvalue weighted by molar-refractivity contribution is 7.99. The summed E-state index contributed by atoms with van der Waals surface area (Å²) < 4.78 is 2.36. The van der Waals surface area contributed by atoms with Gasteiger partial charge in [0.25, 0.3) is 0 Å². The normalized spacial score (nSPS) is 18.5. The molecule has 2 aliphatic rings. The van der Waals surface area contributed by atoms with Gasteiger partial charge >= 0.3 is 0 Å². The number of hydrogen-bond acceptors (Lipinski definition) is 6. The molecule has 0 unspecified atom stereocenters. The highest BCUT2D eigenvalue weighted by Crippen LogP contribution is 2.47. The van der Waals surface area contributed by atoms with Crippen molar-refractivity contribution in [2.75, 3.05) is 0 Å². The zero-order valence-electron chi connectivity index (χ0n) is 11.3. The average molecular weight is 315 g/mol. The van der Waals surface area contributed by atoms with E-state index in [0.29, 0.717) is 12.0 Å². The Balaban J connectivity index is 1.57. The third kappa shape index (κ3) is 2.06. The monoisotopic (exact) mass is 315 g/mol. The zero-order chi connectivity index (χ0) is 13.8. The summed E-state index contributed by atoms with van der Waals surface area (Å²) in [6, 6.07) is 2.69. The fourth-order valence-corrected chi connectivity index (χ4v) is 4.36. The molecule has 7 heteroatoms. The van der Waals surface area contributed by atoms with Gasteiger partial charge in [-0.2, -0.15) is 0 Å². The molecule has 5 nitrogen and oxygen atoms in total. The Morgan fingerprint density at radius 1 is 1.14 bits per heavy atom. The number of hydrogen-bond donors (Lipinski definition) is 0. The molecule has 0 saturated heterocycles. The second-order valence-corrected chi connectivity index (χ2v) is 7.49. The first-order valence-electron chi connectivity index (χ1n) is 7.21. The third-order valence-electron chi connectivity index (χ3n) is 3.96. The van der Waals surface area contributed by atoms with Crippen LogP contribution in [0, 0.1) is 0 Å². The first kappa shape index (κ1) is 12.1. The van der Waals surface area contributed by atoms with Crippen molar-refractivity contribution in [2.45, 2.75) is 47.8 Å². The smallest absolute Gasteiger partial charge is 0.197 e. The highest BCUT2D eigenvalue weighted by Gasteiger charge is 2.36. The molecule has 3 heterocycles. The number of aromatic nitrogens is 5. The molecule has 0 bridgehead atoms. The van der Waals surface area contributed by atoms with Crippen LogP contribution in [0.2, 0.25) is 0 Å². The molecule has 0 aliphatic heterocycles. The third-order valence-corrected chi connectivity index (χ3v) is 5.76. The fourth-order valence-electron chi connectivity index (χ4n) is 2.59. The molecule has 21 heavy (non-hydrogen) atoms. The van der Waals surface area contributed by atoms with Crippen molar-refractivity contribution in [3.63, 3.8) is 0 Å². The van der Waals surface area contributed by atoms with Gasteiger partial charge < -0.3 is 4.57 Å². The lowest BCUT2D eigenvalue weighted by molar-refractivity contribution is 0.626. The second kappa shape index (κ2) is 4.51. The van der Waals surface area contributed by atoms with E-state index in [1.54, 1.807) is 29.4 Å². The predicted octanol–water partition coefficient (Wildman–Crippen LogP) is 3.65. The van der Waals surface area contributed by atoms with E-state index in [-0.39, 0.29) is 0 Å². The SMILES string of the molecule is c1nc(Sc2nnc(C3CC3)n2C2CC2)c2ccsc2n1. The van der Waals surface area contributed by atoms with E-state index in [1.807, 2.05) is 0 Å². The summed E-state index contributed by atoms with van der Waals surface area (Å²) in [4.78, 5) is 9.79. The van der Waals surface area contributed by atoms with Crippen LogP contribution >= 0.6 is 23.1 Å². The van der Waals surface area contributed by atoms with Crippen LogP contribution in [-0.4, -0.2) is 24.7 Å². The van der Waals surface area contributed by atoms with Gasteiger partial charge in [0.1, 0.15) is 22.0 Å². The molecule has 106 valence electrons. The highest BCUT2D eigenvalue weighted by atomic mass is 32.2. The molecule has 0 radical (unpaired) electrons. The Morgan fingerprint density at radius 2 is 2.05 bits per heavy atom. The van der Waals surface area contributed by atoms with Crippen molar-refractivity contribution in [1.82, 2.24) is 24.7 Å². The van der Waals surface area contributed by atoms with Gasteiger partial charge in [-0.05, 0) is 48.9 Å². The van der Waals surface area contributed by atoms with Gasteiger partial charge in [0.05, 0.1) is 0 Å². The number of nitrogens with zero attached hydrogens (tertiary/aromatic N) is 5. The van der Waals surface area contributed by atoms with Crippen molar-refractivity contribution in [3.8, 4) is 0 Å². The van der Waals surface area contributed by atoms with Gasteiger partial charge in [0, 0.05) is 17.3 Å². The Bertz CT molecular complexity index is 816. The summed E-state index contributed by atoms with van der Waals surface area (Å²) in [5.41, 5.74) is 0. The van der Waals surface area contributed by atoms with Crippen LogP contribution < -0.4 is 0 Å². The molecule has 0 N–H and O–H groups in total. The van der Waals surface area contributed by atoms with E-state index in [4.69, 9.17) is 0 Å². The van der Waals surface area contributed by atoms with E-state index in [2.05, 4.69) is 36.2 Å². The quantitative estimate of drug-likeness (QED) is 0.688. The molecular formula is C14H13N5S2. The summed E-state index contributed by atoms with van der Waals surface area (Å²) in [6.07, 6.45) is 6.67. The summed E-state index contributed by atoms with van der Waals surface area (Å²) in [7, 11) is 0. The Hall–Kier alpha value is -1.47. The Morgan fingerprint density at radius 3 is 2.86 bits per heavy atom. The lowest BCUT2D eigenvalue weighted by atomic mass is 10.4. The van der Waals surface area contributed by atoms with Crippen LogP contribution in [0.4, 0.5) is 0 Å². The molecule has 2 saturated carbocycles. The van der Waals surface area contributed by atoms with Crippen LogP contribution in [0.5, 0.6) is 0 Å². The second-order valence-electron chi connectivity index (χ2n) is 5.64. The van der Waals surface area contributed by atoms with Crippen LogP contribution in [0.25, 0.3) is 10.2 Å². The van der Waals surface area contributed by atoms with Gasteiger partial charge in [-0.15, -0.1) is 21.5 Å². The minimum Gasteiger partial charge on any atom is -0.302 e. The summed E-state index contributed by atoms with van der Waals surface area (Å²) in [5, 5.41) is 14.1. The molecule has 0 atom stereocenters. The number of rotatable bonds is 4. The molecule has 3 aromatic rings. The summed E-state index contributed by atoms with van der Waals surface area (Å²) in [6.45, 7) is 0. The fraction of sp³-hybridized carbons (Fsp3) is 0.429. The van der Waals surface area contributed by atoms with Gasteiger partial charge in [-0.3, -0.25) is 0 Å². The maximum absolute atomic E-state index is 4.45. The van der Waals surface area contributed by atoms with Crippen LogP contribution in [0.3, 0.4) is 0 Å². The van der Waals surface area contributed by atoms with E-state index in [9.17, 15) is 0 Å². The van der Waals surface area contributed by atoms with Crippen molar-refractivity contribution in [2.24, 2.45) is 0 Å². The van der Waals surface area contributed by atoms with Crippen molar-refractivity contribution < 1.29 is 0 Å². The summed E-state index contributed by atoms with van der Waals surface area (Å²) >= 11 is 3.28. The van der Waals surface area contributed by atoms with Gasteiger partial charge in [0.2, 0.25) is 0 Å². The first-order chi connectivity index (χ1) is 10.4. The Kier molecular flexibility index (Phi) is 2.60. The standard InChI is InChI=1S/C14H13N5S2/c1-2-8(1)11-17-18-14(19(11)9-3-4-9)21-13-10-5-6-20-12(10)15-7-16-13/h5-9H,1-4H2. The largest absolute Gasteiger partial charge is 0.302 e. The van der Waals surface area contributed by atoms with E-state index >= 15 is 0 Å². The molecule has 0 amide bonds. The molecule has 5 rings (SSSR count). The Labute approximate surface area is 129 Å². The maximum atomic E-state index is 4.45.